The lowest BCUT2D eigenvalue weighted by Crippen LogP contribution is -2.26. The van der Waals surface area contributed by atoms with Crippen LogP contribution in [-0.2, 0) is 4.79 Å². The molecule has 0 unspecified atom stereocenters. The van der Waals surface area contributed by atoms with Gasteiger partial charge in [-0.2, -0.15) is 0 Å². The van der Waals surface area contributed by atoms with Crippen molar-refractivity contribution in [2.24, 2.45) is 11.7 Å². The van der Waals surface area contributed by atoms with Gasteiger partial charge in [-0.1, -0.05) is 0 Å². The van der Waals surface area contributed by atoms with Crippen LogP contribution in [0.25, 0.3) is 0 Å². The molecule has 0 aromatic rings. The third-order valence-electron chi connectivity index (χ3n) is 1.94. The SMILES string of the molecule is NC1CCC([C]=O)CC1. The maximum absolute atomic E-state index is 10.1. The van der Waals surface area contributed by atoms with E-state index in [1.807, 2.05) is 6.29 Å². The second kappa shape index (κ2) is 2.97. The molecule has 1 aliphatic carbocycles. The van der Waals surface area contributed by atoms with Gasteiger partial charge in [0.1, 0.15) is 0 Å². The fourth-order valence-corrected chi connectivity index (χ4v) is 1.24. The van der Waals surface area contributed by atoms with Crippen LogP contribution in [0.5, 0.6) is 0 Å². The zero-order chi connectivity index (χ0) is 6.69. The van der Waals surface area contributed by atoms with Crippen molar-refractivity contribution in [2.45, 2.75) is 31.7 Å². The molecule has 1 radical (unpaired) electrons. The molecule has 0 saturated heterocycles. The van der Waals surface area contributed by atoms with E-state index in [0.717, 1.165) is 25.7 Å². The highest BCUT2D eigenvalue weighted by molar-refractivity contribution is 5.54. The second-order valence-corrected chi connectivity index (χ2v) is 2.73. The topological polar surface area (TPSA) is 43.1 Å². The zero-order valence-corrected chi connectivity index (χ0v) is 5.47. The number of nitrogens with two attached hydrogens (primary N) is 1. The monoisotopic (exact) mass is 126 g/mol. The Hall–Kier alpha value is -0.370. The zero-order valence-electron chi connectivity index (χ0n) is 5.47. The quantitative estimate of drug-likeness (QED) is 0.559. The van der Waals surface area contributed by atoms with E-state index < -0.39 is 0 Å². The maximum Gasteiger partial charge on any atom is 0.201 e. The van der Waals surface area contributed by atoms with Gasteiger partial charge < -0.3 is 5.73 Å². The van der Waals surface area contributed by atoms with E-state index >= 15 is 0 Å². The normalized spacial score (nSPS) is 36.1. The first-order valence-electron chi connectivity index (χ1n) is 3.46. The van der Waals surface area contributed by atoms with E-state index in [-0.39, 0.29) is 5.92 Å². The Labute approximate surface area is 55.4 Å². The van der Waals surface area contributed by atoms with Crippen LogP contribution in [0, 0.1) is 5.92 Å². The van der Waals surface area contributed by atoms with Crippen molar-refractivity contribution in [3.05, 3.63) is 0 Å². The number of hydrogen-bond donors (Lipinski definition) is 1. The molecule has 0 atom stereocenters. The van der Waals surface area contributed by atoms with Crippen LogP contribution in [0.2, 0.25) is 0 Å². The van der Waals surface area contributed by atoms with Crippen LogP contribution in [0.3, 0.4) is 0 Å². The van der Waals surface area contributed by atoms with Crippen molar-refractivity contribution in [1.82, 2.24) is 0 Å². The van der Waals surface area contributed by atoms with Gasteiger partial charge in [0, 0.05) is 12.0 Å². The molecule has 51 valence electrons. The van der Waals surface area contributed by atoms with Gasteiger partial charge in [-0.15, -0.1) is 0 Å². The molecular weight excluding hydrogens is 114 g/mol. The van der Waals surface area contributed by atoms with Gasteiger partial charge >= 0.3 is 0 Å². The van der Waals surface area contributed by atoms with E-state index in [1.165, 1.54) is 0 Å². The predicted molar refractivity (Wildman–Crippen MR) is 35.6 cm³/mol. The molecule has 0 spiro atoms. The maximum atomic E-state index is 10.1. The van der Waals surface area contributed by atoms with Crippen LogP contribution in [0.4, 0.5) is 0 Å². The first-order valence-corrected chi connectivity index (χ1v) is 3.46. The van der Waals surface area contributed by atoms with Crippen LogP contribution in [-0.4, -0.2) is 12.3 Å². The van der Waals surface area contributed by atoms with Gasteiger partial charge in [0.05, 0.1) is 0 Å². The van der Waals surface area contributed by atoms with Crippen molar-refractivity contribution in [1.29, 1.82) is 0 Å². The number of carbonyl (C=O) groups excluding carboxylic acids is 1. The molecule has 0 aromatic carbocycles. The van der Waals surface area contributed by atoms with Gasteiger partial charge in [-0.05, 0) is 25.7 Å². The highest BCUT2D eigenvalue weighted by atomic mass is 16.1. The lowest BCUT2D eigenvalue weighted by atomic mass is 9.88. The minimum absolute atomic E-state index is 0.185. The summed E-state index contributed by atoms with van der Waals surface area (Å²) in [5.41, 5.74) is 5.62. The van der Waals surface area contributed by atoms with Crippen molar-refractivity contribution in [3.63, 3.8) is 0 Å². The minimum atomic E-state index is 0.185. The molecule has 2 N–H and O–H groups in total. The Bertz CT molecular complexity index is 95.1. The van der Waals surface area contributed by atoms with Gasteiger partial charge in [0.2, 0.25) is 6.29 Å². The molecule has 1 fully saturated rings. The third kappa shape index (κ3) is 1.79. The summed E-state index contributed by atoms with van der Waals surface area (Å²) in [5.74, 6) is 0.185. The summed E-state index contributed by atoms with van der Waals surface area (Å²) < 4.78 is 0. The Morgan fingerprint density at radius 1 is 1.22 bits per heavy atom. The molecular formula is C7H12NO. The fraction of sp³-hybridized carbons (Fsp3) is 0.857. The standard InChI is InChI=1S/C7H12NO/c8-7-3-1-6(5-9)2-4-7/h6-7H,1-4,8H2. The molecule has 9 heavy (non-hydrogen) atoms. The molecule has 0 heterocycles. The third-order valence-corrected chi connectivity index (χ3v) is 1.94. The Morgan fingerprint density at radius 3 is 2.22 bits per heavy atom. The largest absolute Gasteiger partial charge is 0.328 e. The Balaban J connectivity index is 2.26. The number of hydrogen-bond acceptors (Lipinski definition) is 2. The van der Waals surface area contributed by atoms with Gasteiger partial charge in [-0.25, -0.2) is 0 Å². The summed E-state index contributed by atoms with van der Waals surface area (Å²) in [6, 6.07) is 0.342. The molecule has 2 nitrogen and oxygen atoms in total. The van der Waals surface area contributed by atoms with Crippen LogP contribution < -0.4 is 5.73 Å². The first-order chi connectivity index (χ1) is 4.33. The average Bonchev–Trinajstić information content (AvgIpc) is 1.90. The Kier molecular flexibility index (Phi) is 2.22. The molecule has 1 rings (SSSR count). The summed E-state index contributed by atoms with van der Waals surface area (Å²) >= 11 is 0. The van der Waals surface area contributed by atoms with E-state index in [9.17, 15) is 4.79 Å². The summed E-state index contributed by atoms with van der Waals surface area (Å²) in [6.07, 6.45) is 5.92. The lowest BCUT2D eigenvalue weighted by molar-refractivity contribution is 0.377. The molecule has 0 bridgehead atoms. The van der Waals surface area contributed by atoms with E-state index in [1.54, 1.807) is 0 Å². The average molecular weight is 126 g/mol. The van der Waals surface area contributed by atoms with Crippen LogP contribution in [0.1, 0.15) is 25.7 Å². The Morgan fingerprint density at radius 2 is 1.78 bits per heavy atom. The lowest BCUT2D eigenvalue weighted by Gasteiger charge is -2.20. The van der Waals surface area contributed by atoms with E-state index in [2.05, 4.69) is 0 Å². The molecule has 0 amide bonds. The molecule has 0 aliphatic heterocycles. The smallest absolute Gasteiger partial charge is 0.201 e. The first kappa shape index (κ1) is 6.75. The fourth-order valence-electron chi connectivity index (χ4n) is 1.24. The molecule has 1 saturated carbocycles. The van der Waals surface area contributed by atoms with E-state index in [0.29, 0.717) is 6.04 Å². The van der Waals surface area contributed by atoms with Gasteiger partial charge in [-0.3, -0.25) is 4.79 Å². The summed E-state index contributed by atoms with van der Waals surface area (Å²) in [5, 5.41) is 0. The summed E-state index contributed by atoms with van der Waals surface area (Å²) in [7, 11) is 0. The molecule has 2 heteroatoms. The molecule has 1 aliphatic rings. The second-order valence-electron chi connectivity index (χ2n) is 2.73. The highest BCUT2D eigenvalue weighted by Crippen LogP contribution is 2.20. The van der Waals surface area contributed by atoms with Crippen molar-refractivity contribution < 1.29 is 4.79 Å². The van der Waals surface area contributed by atoms with Crippen LogP contribution in [0.15, 0.2) is 0 Å². The van der Waals surface area contributed by atoms with Gasteiger partial charge in [0.25, 0.3) is 0 Å². The highest BCUT2D eigenvalue weighted by Gasteiger charge is 2.17. The predicted octanol–water partition coefficient (Wildman–Crippen LogP) is 0.614. The molecule has 0 aromatic heterocycles. The van der Waals surface area contributed by atoms with Gasteiger partial charge in [0.15, 0.2) is 0 Å². The van der Waals surface area contributed by atoms with Crippen molar-refractivity contribution in [3.8, 4) is 0 Å². The van der Waals surface area contributed by atoms with Crippen LogP contribution >= 0.6 is 0 Å². The summed E-state index contributed by atoms with van der Waals surface area (Å²) in [4.78, 5) is 10.1. The minimum Gasteiger partial charge on any atom is -0.328 e. The van der Waals surface area contributed by atoms with E-state index in [4.69, 9.17) is 5.73 Å². The van der Waals surface area contributed by atoms with Crippen molar-refractivity contribution >= 4 is 6.29 Å². The summed E-state index contributed by atoms with van der Waals surface area (Å²) in [6.45, 7) is 0. The van der Waals surface area contributed by atoms with Crippen molar-refractivity contribution in [2.75, 3.05) is 0 Å². The number of rotatable bonds is 1.